The first kappa shape index (κ1) is 17.3. The minimum absolute atomic E-state index is 0.0307. The van der Waals surface area contributed by atoms with Crippen molar-refractivity contribution in [3.8, 4) is 0 Å². The van der Waals surface area contributed by atoms with E-state index in [0.29, 0.717) is 32.2 Å². The number of nitrogens with zero attached hydrogens (tertiary/aromatic N) is 1. The van der Waals surface area contributed by atoms with Crippen molar-refractivity contribution in [2.24, 2.45) is 5.92 Å². The van der Waals surface area contributed by atoms with Crippen LogP contribution in [0.15, 0.2) is 16.5 Å². The summed E-state index contributed by atoms with van der Waals surface area (Å²) >= 11 is 0. The van der Waals surface area contributed by atoms with Crippen molar-refractivity contribution in [1.29, 1.82) is 0 Å². The van der Waals surface area contributed by atoms with Gasteiger partial charge in [0.1, 0.15) is 11.5 Å². The predicted molar refractivity (Wildman–Crippen MR) is 88.9 cm³/mol. The molecule has 7 nitrogen and oxygen atoms in total. The summed E-state index contributed by atoms with van der Waals surface area (Å²) in [4.78, 5) is 14.4. The zero-order chi connectivity index (χ0) is 16.8. The zero-order valence-corrected chi connectivity index (χ0v) is 14.3. The molecule has 24 heavy (non-hydrogen) atoms. The quantitative estimate of drug-likeness (QED) is 0.818. The van der Waals surface area contributed by atoms with Gasteiger partial charge in [0.15, 0.2) is 0 Å². The molecule has 0 aliphatic carbocycles. The smallest absolute Gasteiger partial charge is 0.314 e. The third kappa shape index (κ3) is 4.72. The van der Waals surface area contributed by atoms with Gasteiger partial charge in [-0.05, 0) is 25.5 Å². The van der Waals surface area contributed by atoms with Crippen LogP contribution in [0, 0.1) is 12.8 Å². The number of hydrogen-bond acceptors (Lipinski definition) is 5. The number of aryl methyl sites for hydroxylation is 1. The zero-order valence-electron chi connectivity index (χ0n) is 14.3. The molecule has 0 radical (unpaired) electrons. The normalized spacial score (nSPS) is 23.1. The van der Waals surface area contributed by atoms with Crippen LogP contribution in [0.2, 0.25) is 0 Å². The number of morpholine rings is 1. The van der Waals surface area contributed by atoms with Crippen molar-refractivity contribution in [2.75, 3.05) is 52.6 Å². The van der Waals surface area contributed by atoms with Crippen LogP contribution in [0.1, 0.15) is 24.0 Å². The number of urea groups is 1. The molecule has 7 heteroatoms. The SMILES string of the molecule is Cc1ccc(C(CNC(=O)NCC2CCOC2)N2CCOCC2)o1. The average molecular weight is 337 g/mol. The van der Waals surface area contributed by atoms with Crippen molar-refractivity contribution in [3.63, 3.8) is 0 Å². The van der Waals surface area contributed by atoms with Crippen molar-refractivity contribution in [3.05, 3.63) is 23.7 Å². The van der Waals surface area contributed by atoms with E-state index in [-0.39, 0.29) is 12.1 Å². The number of carbonyl (C=O) groups excluding carboxylic acids is 1. The van der Waals surface area contributed by atoms with E-state index in [1.165, 1.54) is 0 Å². The first-order chi connectivity index (χ1) is 11.7. The summed E-state index contributed by atoms with van der Waals surface area (Å²) < 4.78 is 16.6. The van der Waals surface area contributed by atoms with E-state index in [1.54, 1.807) is 0 Å². The highest BCUT2D eigenvalue weighted by atomic mass is 16.5. The molecule has 3 rings (SSSR count). The average Bonchev–Trinajstić information content (AvgIpc) is 3.26. The van der Waals surface area contributed by atoms with E-state index in [9.17, 15) is 4.79 Å². The lowest BCUT2D eigenvalue weighted by Crippen LogP contribution is -2.46. The van der Waals surface area contributed by atoms with Gasteiger partial charge in [-0.2, -0.15) is 0 Å². The summed E-state index contributed by atoms with van der Waals surface area (Å²) in [5.41, 5.74) is 0. The highest BCUT2D eigenvalue weighted by molar-refractivity contribution is 5.73. The molecule has 2 atom stereocenters. The molecule has 0 aromatic carbocycles. The highest BCUT2D eigenvalue weighted by Gasteiger charge is 2.26. The highest BCUT2D eigenvalue weighted by Crippen LogP contribution is 2.23. The fourth-order valence-corrected chi connectivity index (χ4v) is 3.16. The van der Waals surface area contributed by atoms with Crippen LogP contribution in [0.5, 0.6) is 0 Å². The number of hydrogen-bond donors (Lipinski definition) is 2. The van der Waals surface area contributed by atoms with Crippen LogP contribution in [0.25, 0.3) is 0 Å². The summed E-state index contributed by atoms with van der Waals surface area (Å²) in [5.74, 6) is 2.20. The molecule has 134 valence electrons. The summed E-state index contributed by atoms with van der Waals surface area (Å²) in [5, 5.41) is 5.91. The Labute approximate surface area is 142 Å². The molecule has 2 N–H and O–H groups in total. The lowest BCUT2D eigenvalue weighted by atomic mass is 10.1. The van der Waals surface area contributed by atoms with Gasteiger partial charge in [0, 0.05) is 38.7 Å². The Morgan fingerprint density at radius 1 is 1.25 bits per heavy atom. The first-order valence-corrected chi connectivity index (χ1v) is 8.70. The van der Waals surface area contributed by atoms with Gasteiger partial charge in [0.2, 0.25) is 0 Å². The van der Waals surface area contributed by atoms with E-state index in [0.717, 1.165) is 44.2 Å². The van der Waals surface area contributed by atoms with Gasteiger partial charge in [0.25, 0.3) is 0 Å². The number of furan rings is 1. The Hall–Kier alpha value is -1.57. The summed E-state index contributed by atoms with van der Waals surface area (Å²) in [6.07, 6.45) is 1.02. The lowest BCUT2D eigenvalue weighted by Gasteiger charge is -2.33. The second kappa shape index (κ2) is 8.50. The standard InChI is InChI=1S/C17H27N3O4/c1-13-2-3-16(24-13)15(20-5-8-22-9-6-20)11-19-17(21)18-10-14-4-7-23-12-14/h2-3,14-15H,4-12H2,1H3,(H2,18,19,21). The Morgan fingerprint density at radius 3 is 2.75 bits per heavy atom. The van der Waals surface area contributed by atoms with Gasteiger partial charge in [0.05, 0.1) is 25.9 Å². The van der Waals surface area contributed by atoms with Crippen LogP contribution < -0.4 is 10.6 Å². The third-order valence-electron chi connectivity index (χ3n) is 4.61. The molecule has 2 aliphatic heterocycles. The third-order valence-corrected chi connectivity index (χ3v) is 4.61. The molecular formula is C17H27N3O4. The van der Waals surface area contributed by atoms with Crippen LogP contribution in [-0.2, 0) is 9.47 Å². The fraction of sp³-hybridized carbons (Fsp3) is 0.706. The molecule has 3 heterocycles. The number of nitrogens with one attached hydrogen (secondary N) is 2. The molecule has 2 unspecified atom stereocenters. The molecule has 1 aromatic heterocycles. The maximum atomic E-state index is 12.1. The minimum Gasteiger partial charge on any atom is -0.465 e. The number of amides is 2. The van der Waals surface area contributed by atoms with E-state index in [1.807, 2.05) is 19.1 Å². The Balaban J connectivity index is 1.52. The van der Waals surface area contributed by atoms with E-state index < -0.39 is 0 Å². The van der Waals surface area contributed by atoms with Gasteiger partial charge >= 0.3 is 6.03 Å². The van der Waals surface area contributed by atoms with Crippen molar-refractivity contribution in [2.45, 2.75) is 19.4 Å². The van der Waals surface area contributed by atoms with Crippen LogP contribution in [-0.4, -0.2) is 63.5 Å². The van der Waals surface area contributed by atoms with Gasteiger partial charge in [-0.3, -0.25) is 4.90 Å². The molecule has 2 amide bonds. The van der Waals surface area contributed by atoms with Gasteiger partial charge in [-0.1, -0.05) is 0 Å². The number of ether oxygens (including phenoxy) is 2. The Kier molecular flexibility index (Phi) is 6.12. The molecule has 1 aromatic rings. The molecule has 0 bridgehead atoms. The predicted octanol–water partition coefficient (Wildman–Crippen LogP) is 1.30. The minimum atomic E-state index is -0.136. The molecule has 2 fully saturated rings. The Morgan fingerprint density at radius 2 is 2.08 bits per heavy atom. The molecule has 0 spiro atoms. The van der Waals surface area contributed by atoms with Crippen LogP contribution in [0.4, 0.5) is 4.79 Å². The Bertz CT molecular complexity index is 522. The van der Waals surface area contributed by atoms with Crippen molar-refractivity contribution >= 4 is 6.03 Å². The lowest BCUT2D eigenvalue weighted by molar-refractivity contribution is 0.0121. The van der Waals surface area contributed by atoms with Crippen LogP contribution in [0.3, 0.4) is 0 Å². The van der Waals surface area contributed by atoms with E-state index in [2.05, 4.69) is 15.5 Å². The summed E-state index contributed by atoms with van der Waals surface area (Å²) in [6, 6.07) is 3.85. The van der Waals surface area contributed by atoms with E-state index in [4.69, 9.17) is 13.9 Å². The number of carbonyl (C=O) groups is 1. The first-order valence-electron chi connectivity index (χ1n) is 8.70. The van der Waals surface area contributed by atoms with Gasteiger partial charge in [-0.15, -0.1) is 0 Å². The molecular weight excluding hydrogens is 310 g/mol. The fourth-order valence-electron chi connectivity index (χ4n) is 3.16. The second-order valence-corrected chi connectivity index (χ2v) is 6.43. The van der Waals surface area contributed by atoms with Gasteiger partial charge < -0.3 is 24.5 Å². The maximum Gasteiger partial charge on any atom is 0.314 e. The summed E-state index contributed by atoms with van der Waals surface area (Å²) in [6.45, 7) is 7.75. The van der Waals surface area contributed by atoms with E-state index >= 15 is 0 Å². The topological polar surface area (TPSA) is 76.0 Å². The molecule has 0 saturated carbocycles. The number of rotatable bonds is 6. The summed E-state index contributed by atoms with van der Waals surface area (Å²) in [7, 11) is 0. The molecule has 2 saturated heterocycles. The maximum absolute atomic E-state index is 12.1. The van der Waals surface area contributed by atoms with Crippen molar-refractivity contribution in [1.82, 2.24) is 15.5 Å². The monoisotopic (exact) mass is 337 g/mol. The largest absolute Gasteiger partial charge is 0.465 e. The van der Waals surface area contributed by atoms with Gasteiger partial charge in [-0.25, -0.2) is 4.79 Å². The second-order valence-electron chi connectivity index (χ2n) is 6.43. The molecule has 2 aliphatic rings. The van der Waals surface area contributed by atoms with Crippen molar-refractivity contribution < 1.29 is 18.7 Å². The van der Waals surface area contributed by atoms with Crippen LogP contribution >= 0.6 is 0 Å².